The van der Waals surface area contributed by atoms with Crippen molar-refractivity contribution in [3.63, 3.8) is 0 Å². The predicted molar refractivity (Wildman–Crippen MR) is 125 cm³/mol. The molecule has 0 fully saturated rings. The van der Waals surface area contributed by atoms with E-state index in [-0.39, 0.29) is 23.7 Å². The molecule has 9 nitrogen and oxygen atoms in total. The average molecular weight is 475 g/mol. The number of aryl methyl sites for hydroxylation is 1. The van der Waals surface area contributed by atoms with Crippen LogP contribution in [-0.4, -0.2) is 56.3 Å². The van der Waals surface area contributed by atoms with Gasteiger partial charge in [-0.1, -0.05) is 41.3 Å². The number of thiazole rings is 1. The van der Waals surface area contributed by atoms with Crippen molar-refractivity contribution in [2.24, 2.45) is 0 Å². The number of hydrogen-bond acceptors (Lipinski definition) is 8. The van der Waals surface area contributed by atoms with E-state index in [1.807, 2.05) is 48.7 Å². The summed E-state index contributed by atoms with van der Waals surface area (Å²) < 4.78 is 7.90. The van der Waals surface area contributed by atoms with Crippen LogP contribution in [0.1, 0.15) is 41.1 Å². The number of benzene rings is 1. The molecule has 2 heterocycles. The van der Waals surface area contributed by atoms with Gasteiger partial charge in [0.1, 0.15) is 10.6 Å². The molecule has 0 bridgehead atoms. The van der Waals surface area contributed by atoms with Crippen LogP contribution in [0.2, 0.25) is 0 Å². The van der Waals surface area contributed by atoms with Crippen LogP contribution >= 0.6 is 23.1 Å². The Morgan fingerprint density at radius 3 is 2.62 bits per heavy atom. The van der Waals surface area contributed by atoms with E-state index in [2.05, 4.69) is 20.5 Å². The van der Waals surface area contributed by atoms with Gasteiger partial charge in [0, 0.05) is 20.6 Å². The maximum atomic E-state index is 12.4. The summed E-state index contributed by atoms with van der Waals surface area (Å²) in [6, 6.07) is 9.54. The standard InChI is InChI=1S/C21H26N6O3S2/c1-6-27-18(14(3)30-15-10-8-7-9-11-15)24-25-21(27)31-12-16(28)23-20-22-13(2)17(32-20)19(29)26(4)5/h7-11,14H,6,12H2,1-5H3,(H,22,23,28). The van der Waals surface area contributed by atoms with Crippen molar-refractivity contribution in [2.75, 3.05) is 25.2 Å². The second kappa shape index (κ2) is 10.6. The molecule has 0 aliphatic carbocycles. The Hall–Kier alpha value is -2.92. The lowest BCUT2D eigenvalue weighted by molar-refractivity contribution is -0.113. The van der Waals surface area contributed by atoms with Gasteiger partial charge in [0.15, 0.2) is 22.2 Å². The smallest absolute Gasteiger partial charge is 0.265 e. The molecule has 1 N–H and O–H groups in total. The summed E-state index contributed by atoms with van der Waals surface area (Å²) in [6.07, 6.45) is -0.293. The van der Waals surface area contributed by atoms with Gasteiger partial charge in [-0.3, -0.25) is 9.59 Å². The molecule has 0 saturated carbocycles. The topological polar surface area (TPSA) is 102 Å². The summed E-state index contributed by atoms with van der Waals surface area (Å²) in [7, 11) is 3.36. The van der Waals surface area contributed by atoms with E-state index in [1.165, 1.54) is 28.0 Å². The van der Waals surface area contributed by atoms with Crippen molar-refractivity contribution in [2.45, 2.75) is 38.6 Å². The number of aromatic nitrogens is 4. The second-order valence-electron chi connectivity index (χ2n) is 7.13. The maximum absolute atomic E-state index is 12.4. The first-order chi connectivity index (χ1) is 15.3. The minimum atomic E-state index is -0.293. The van der Waals surface area contributed by atoms with Gasteiger partial charge in [0.2, 0.25) is 5.91 Å². The Balaban J connectivity index is 1.61. The number of carbonyl (C=O) groups is 2. The summed E-state index contributed by atoms with van der Waals surface area (Å²) in [5, 5.41) is 12.3. The molecule has 0 aliphatic rings. The van der Waals surface area contributed by atoms with Crippen molar-refractivity contribution < 1.29 is 14.3 Å². The van der Waals surface area contributed by atoms with Crippen LogP contribution in [0.3, 0.4) is 0 Å². The van der Waals surface area contributed by atoms with Crippen molar-refractivity contribution in [1.82, 2.24) is 24.6 Å². The van der Waals surface area contributed by atoms with E-state index in [0.717, 1.165) is 5.75 Å². The van der Waals surface area contributed by atoms with Crippen molar-refractivity contribution in [1.29, 1.82) is 0 Å². The quantitative estimate of drug-likeness (QED) is 0.472. The lowest BCUT2D eigenvalue weighted by Crippen LogP contribution is -2.21. The highest BCUT2D eigenvalue weighted by molar-refractivity contribution is 7.99. The van der Waals surface area contributed by atoms with Crippen LogP contribution in [-0.2, 0) is 11.3 Å². The third kappa shape index (κ3) is 5.65. The van der Waals surface area contributed by atoms with E-state index in [1.54, 1.807) is 21.0 Å². The number of carbonyl (C=O) groups excluding carboxylic acids is 2. The highest BCUT2D eigenvalue weighted by Gasteiger charge is 2.21. The van der Waals surface area contributed by atoms with Crippen molar-refractivity contribution in [3.8, 4) is 5.75 Å². The van der Waals surface area contributed by atoms with Crippen LogP contribution in [0.4, 0.5) is 5.13 Å². The Kier molecular flexibility index (Phi) is 7.86. The molecule has 11 heteroatoms. The number of nitrogens with one attached hydrogen (secondary N) is 1. The molecule has 2 amide bonds. The number of rotatable bonds is 9. The largest absolute Gasteiger partial charge is 0.483 e. The first kappa shape index (κ1) is 23.7. The monoisotopic (exact) mass is 474 g/mol. The fraction of sp³-hybridized carbons (Fsp3) is 0.381. The fourth-order valence-electron chi connectivity index (χ4n) is 2.90. The van der Waals surface area contributed by atoms with Crippen LogP contribution < -0.4 is 10.1 Å². The molecule has 170 valence electrons. The van der Waals surface area contributed by atoms with Crippen LogP contribution in [0.25, 0.3) is 0 Å². The lowest BCUT2D eigenvalue weighted by atomic mass is 10.3. The molecular formula is C21H26N6O3S2. The summed E-state index contributed by atoms with van der Waals surface area (Å²) >= 11 is 2.46. The third-order valence-corrected chi connectivity index (χ3v) is 6.48. The summed E-state index contributed by atoms with van der Waals surface area (Å²) in [6.45, 7) is 6.31. The second-order valence-corrected chi connectivity index (χ2v) is 9.07. The number of anilines is 1. The molecule has 1 unspecified atom stereocenters. The van der Waals surface area contributed by atoms with Crippen LogP contribution in [0, 0.1) is 6.92 Å². The highest BCUT2D eigenvalue weighted by Crippen LogP contribution is 2.26. The molecule has 1 aromatic carbocycles. The van der Waals surface area contributed by atoms with E-state index < -0.39 is 0 Å². The number of ether oxygens (including phenoxy) is 1. The Bertz CT molecular complexity index is 1080. The van der Waals surface area contributed by atoms with Gasteiger partial charge in [-0.25, -0.2) is 4.98 Å². The van der Waals surface area contributed by atoms with Gasteiger partial charge < -0.3 is 19.5 Å². The zero-order chi connectivity index (χ0) is 23.3. The van der Waals surface area contributed by atoms with Gasteiger partial charge in [0.25, 0.3) is 5.91 Å². The molecule has 32 heavy (non-hydrogen) atoms. The van der Waals surface area contributed by atoms with E-state index in [0.29, 0.717) is 33.2 Å². The SMILES string of the molecule is CCn1c(SCC(=O)Nc2nc(C)c(C(=O)N(C)C)s2)nnc1C(C)Oc1ccccc1. The van der Waals surface area contributed by atoms with Crippen LogP contribution in [0.15, 0.2) is 35.5 Å². The van der Waals surface area contributed by atoms with Crippen LogP contribution in [0.5, 0.6) is 5.75 Å². The molecular weight excluding hydrogens is 448 g/mol. The zero-order valence-electron chi connectivity index (χ0n) is 18.7. The highest BCUT2D eigenvalue weighted by atomic mass is 32.2. The number of amides is 2. The summed E-state index contributed by atoms with van der Waals surface area (Å²) in [4.78, 5) is 30.9. The number of nitrogens with zero attached hydrogens (tertiary/aromatic N) is 5. The number of thioether (sulfide) groups is 1. The average Bonchev–Trinajstić information content (AvgIpc) is 3.35. The minimum absolute atomic E-state index is 0.134. The predicted octanol–water partition coefficient (Wildman–Crippen LogP) is 3.64. The molecule has 0 saturated heterocycles. The van der Waals surface area contributed by atoms with Gasteiger partial charge in [0.05, 0.1) is 11.4 Å². The molecule has 2 aromatic heterocycles. The van der Waals surface area contributed by atoms with Gasteiger partial charge in [-0.2, -0.15) is 0 Å². The summed E-state index contributed by atoms with van der Waals surface area (Å²) in [5.41, 5.74) is 0.597. The van der Waals surface area contributed by atoms with E-state index in [4.69, 9.17) is 4.74 Å². The van der Waals surface area contributed by atoms with Crippen molar-refractivity contribution >= 4 is 40.0 Å². The first-order valence-electron chi connectivity index (χ1n) is 10.1. The Morgan fingerprint density at radius 2 is 1.97 bits per heavy atom. The molecule has 3 rings (SSSR count). The van der Waals surface area contributed by atoms with E-state index in [9.17, 15) is 9.59 Å². The Labute approximate surface area is 195 Å². The normalized spacial score (nSPS) is 11.8. The molecule has 0 aliphatic heterocycles. The van der Waals surface area contributed by atoms with Gasteiger partial charge >= 0.3 is 0 Å². The molecule has 0 spiro atoms. The van der Waals surface area contributed by atoms with Crippen molar-refractivity contribution in [3.05, 3.63) is 46.7 Å². The maximum Gasteiger partial charge on any atom is 0.265 e. The summed E-state index contributed by atoms with van der Waals surface area (Å²) in [5.74, 6) is 1.23. The Morgan fingerprint density at radius 1 is 1.25 bits per heavy atom. The number of para-hydroxylation sites is 1. The third-order valence-electron chi connectivity index (χ3n) is 4.46. The first-order valence-corrected chi connectivity index (χ1v) is 11.9. The number of hydrogen-bond donors (Lipinski definition) is 1. The zero-order valence-corrected chi connectivity index (χ0v) is 20.3. The lowest BCUT2D eigenvalue weighted by Gasteiger charge is -2.15. The van der Waals surface area contributed by atoms with Gasteiger partial charge in [-0.15, -0.1) is 10.2 Å². The minimum Gasteiger partial charge on any atom is -0.483 e. The van der Waals surface area contributed by atoms with E-state index >= 15 is 0 Å². The molecule has 1 atom stereocenters. The fourth-order valence-corrected chi connectivity index (χ4v) is 4.71. The molecule has 3 aromatic rings. The van der Waals surface area contributed by atoms with Gasteiger partial charge in [-0.05, 0) is 32.9 Å². The molecule has 0 radical (unpaired) electrons.